The van der Waals surface area contributed by atoms with Gasteiger partial charge in [-0.3, -0.25) is 9.69 Å². The highest BCUT2D eigenvalue weighted by atomic mass is 32.2. The second-order valence-corrected chi connectivity index (χ2v) is 10.6. The lowest BCUT2D eigenvalue weighted by atomic mass is 9.81. The molecule has 0 spiro atoms. The maximum absolute atomic E-state index is 13.2. The van der Waals surface area contributed by atoms with Crippen molar-refractivity contribution < 1.29 is 13.2 Å². The second kappa shape index (κ2) is 7.63. The van der Waals surface area contributed by atoms with E-state index in [4.69, 9.17) is 4.98 Å². The van der Waals surface area contributed by atoms with E-state index in [1.54, 1.807) is 11.1 Å². The zero-order valence-corrected chi connectivity index (χ0v) is 18.3. The number of rotatable bonds is 4. The van der Waals surface area contributed by atoms with E-state index >= 15 is 0 Å². The van der Waals surface area contributed by atoms with Gasteiger partial charge >= 0.3 is 0 Å². The number of carbonyl (C=O) groups excluding carboxylic acids is 1. The highest BCUT2D eigenvalue weighted by Crippen LogP contribution is 2.40. The molecule has 0 radical (unpaired) electrons. The number of piperidine rings is 1. The van der Waals surface area contributed by atoms with Crippen molar-refractivity contribution in [1.29, 1.82) is 0 Å². The summed E-state index contributed by atoms with van der Waals surface area (Å²) in [4.78, 5) is 24.1. The normalized spacial score (nSPS) is 20.1. The van der Waals surface area contributed by atoms with Crippen molar-refractivity contribution in [3.8, 4) is 0 Å². The number of anilines is 3. The summed E-state index contributed by atoms with van der Waals surface area (Å²) in [6.45, 7) is 4.83. The van der Waals surface area contributed by atoms with E-state index in [0.717, 1.165) is 11.3 Å². The van der Waals surface area contributed by atoms with Gasteiger partial charge in [0.15, 0.2) is 0 Å². The Kier molecular flexibility index (Phi) is 5.27. The van der Waals surface area contributed by atoms with Crippen molar-refractivity contribution in [3.05, 3.63) is 42.1 Å². The van der Waals surface area contributed by atoms with Crippen molar-refractivity contribution in [2.45, 2.75) is 39.2 Å². The first-order valence-corrected chi connectivity index (χ1v) is 12.0. The summed E-state index contributed by atoms with van der Waals surface area (Å²) in [5.74, 6) is 1.07. The van der Waals surface area contributed by atoms with Crippen LogP contribution in [0.4, 0.5) is 17.5 Å². The van der Waals surface area contributed by atoms with Crippen LogP contribution in [0.2, 0.25) is 0 Å². The molecule has 9 heteroatoms. The number of benzene rings is 1. The molecule has 1 fully saturated rings. The van der Waals surface area contributed by atoms with Crippen molar-refractivity contribution in [2.75, 3.05) is 29.6 Å². The van der Waals surface area contributed by atoms with Crippen LogP contribution in [0.15, 0.2) is 36.5 Å². The number of amides is 1. The Bertz CT molecular complexity index is 1050. The van der Waals surface area contributed by atoms with Crippen molar-refractivity contribution in [2.24, 2.45) is 5.41 Å². The summed E-state index contributed by atoms with van der Waals surface area (Å²) in [7, 11) is -3.16. The van der Waals surface area contributed by atoms with Gasteiger partial charge in [0.25, 0.3) is 0 Å². The molecule has 2 aliphatic rings. The van der Waals surface area contributed by atoms with Crippen LogP contribution in [0.5, 0.6) is 0 Å². The number of nitrogens with one attached hydrogen (secondary N) is 1. The molecule has 2 aliphatic heterocycles. The van der Waals surface area contributed by atoms with E-state index in [1.165, 1.54) is 10.6 Å². The van der Waals surface area contributed by atoms with Crippen LogP contribution < -0.4 is 10.2 Å². The van der Waals surface area contributed by atoms with E-state index in [1.807, 2.05) is 44.2 Å². The van der Waals surface area contributed by atoms with E-state index < -0.39 is 15.4 Å². The number of fused-ring (bicyclic) bond motifs is 1. The molecule has 0 unspecified atom stereocenters. The first kappa shape index (κ1) is 20.7. The average molecular weight is 430 g/mol. The zero-order valence-electron chi connectivity index (χ0n) is 17.5. The van der Waals surface area contributed by atoms with Crippen molar-refractivity contribution >= 4 is 33.4 Å². The number of carbonyl (C=O) groups is 1. The largest absolute Gasteiger partial charge is 0.351 e. The highest BCUT2D eigenvalue weighted by molar-refractivity contribution is 7.88. The van der Waals surface area contributed by atoms with Crippen LogP contribution >= 0.6 is 0 Å². The second-order valence-electron chi connectivity index (χ2n) is 8.66. The third-order valence-corrected chi connectivity index (χ3v) is 7.04. The number of hydrogen-bond donors (Lipinski definition) is 1. The van der Waals surface area contributed by atoms with E-state index in [9.17, 15) is 13.2 Å². The third-order valence-electron chi connectivity index (χ3n) is 5.74. The first-order chi connectivity index (χ1) is 14.1. The fourth-order valence-electron chi connectivity index (χ4n) is 4.07. The Hall–Kier alpha value is -2.52. The molecule has 1 amide bonds. The maximum Gasteiger partial charge on any atom is 0.238 e. The van der Waals surface area contributed by atoms with Gasteiger partial charge in [0.2, 0.25) is 21.9 Å². The first-order valence-electron chi connectivity index (χ1n) is 10.1. The standard InChI is InChI=1S/C21H27N5O3S/c1-21(2)13-15-14-22-20(23-16-9-11-25(12-10-16)30(3,28)29)24-18(15)26(19(21)27)17-7-5-4-6-8-17/h4-8,14,16H,9-13H2,1-3H3,(H,22,23,24). The molecule has 30 heavy (non-hydrogen) atoms. The fraction of sp³-hybridized carbons (Fsp3) is 0.476. The summed E-state index contributed by atoms with van der Waals surface area (Å²) >= 11 is 0. The van der Waals surface area contributed by atoms with Gasteiger partial charge in [0.05, 0.1) is 11.9 Å². The molecule has 1 aromatic carbocycles. The van der Waals surface area contributed by atoms with Gasteiger partial charge in [-0.2, -0.15) is 4.98 Å². The summed E-state index contributed by atoms with van der Waals surface area (Å²) in [5, 5.41) is 3.33. The Labute approximate surface area is 177 Å². The van der Waals surface area contributed by atoms with Gasteiger partial charge in [-0.15, -0.1) is 0 Å². The number of sulfonamides is 1. The molecule has 0 aliphatic carbocycles. The monoisotopic (exact) mass is 429 g/mol. The van der Waals surface area contributed by atoms with Crippen LogP contribution in [0.1, 0.15) is 32.3 Å². The zero-order chi connectivity index (χ0) is 21.5. The number of hydrogen-bond acceptors (Lipinski definition) is 6. The molecular formula is C21H27N5O3S. The number of aromatic nitrogens is 2. The minimum atomic E-state index is -3.16. The molecular weight excluding hydrogens is 402 g/mol. The summed E-state index contributed by atoms with van der Waals surface area (Å²) < 4.78 is 24.9. The smallest absolute Gasteiger partial charge is 0.238 e. The lowest BCUT2D eigenvalue weighted by Crippen LogP contribution is -2.44. The van der Waals surface area contributed by atoms with Gasteiger partial charge in [-0.25, -0.2) is 17.7 Å². The molecule has 2 aromatic rings. The summed E-state index contributed by atoms with van der Waals surface area (Å²) in [5.41, 5.74) is 1.17. The van der Waals surface area contributed by atoms with Gasteiger partial charge in [-0.05, 0) is 31.4 Å². The molecule has 0 bridgehead atoms. The molecule has 8 nitrogen and oxygen atoms in total. The lowest BCUT2D eigenvalue weighted by molar-refractivity contribution is -0.126. The molecule has 0 saturated carbocycles. The molecule has 1 N–H and O–H groups in total. The molecule has 1 aromatic heterocycles. The average Bonchev–Trinajstić information content (AvgIpc) is 2.70. The number of nitrogens with zero attached hydrogens (tertiary/aromatic N) is 4. The minimum Gasteiger partial charge on any atom is -0.351 e. The van der Waals surface area contributed by atoms with Crippen LogP contribution in [-0.2, 0) is 21.2 Å². The van der Waals surface area contributed by atoms with E-state index in [2.05, 4.69) is 10.3 Å². The quantitative estimate of drug-likeness (QED) is 0.803. The molecule has 0 atom stereocenters. The van der Waals surface area contributed by atoms with Gasteiger partial charge < -0.3 is 5.32 Å². The van der Waals surface area contributed by atoms with Gasteiger partial charge in [0, 0.05) is 36.3 Å². The van der Waals surface area contributed by atoms with Crippen LogP contribution in [0, 0.1) is 5.41 Å². The molecule has 160 valence electrons. The summed E-state index contributed by atoms with van der Waals surface area (Å²) in [6, 6.07) is 9.61. The SMILES string of the molecule is CC1(C)Cc2cnc(NC3CCN(S(C)(=O)=O)CC3)nc2N(c2ccccc2)C1=O. The molecule has 4 rings (SSSR count). The van der Waals surface area contributed by atoms with Gasteiger partial charge in [-0.1, -0.05) is 32.0 Å². The summed E-state index contributed by atoms with van der Waals surface area (Å²) in [6.07, 6.45) is 4.98. The van der Waals surface area contributed by atoms with E-state index in [0.29, 0.717) is 44.1 Å². The highest BCUT2D eigenvalue weighted by Gasteiger charge is 2.41. The Balaban J connectivity index is 1.59. The molecule has 3 heterocycles. The lowest BCUT2D eigenvalue weighted by Gasteiger charge is -2.37. The van der Waals surface area contributed by atoms with E-state index in [-0.39, 0.29) is 11.9 Å². The molecule has 1 saturated heterocycles. The number of para-hydroxylation sites is 1. The van der Waals surface area contributed by atoms with Crippen LogP contribution in [-0.4, -0.2) is 54.0 Å². The Morgan fingerprint density at radius 2 is 1.80 bits per heavy atom. The third kappa shape index (κ3) is 4.04. The van der Waals surface area contributed by atoms with Crippen LogP contribution in [0.3, 0.4) is 0 Å². The van der Waals surface area contributed by atoms with Crippen molar-refractivity contribution in [1.82, 2.24) is 14.3 Å². The predicted molar refractivity (Wildman–Crippen MR) is 116 cm³/mol. The van der Waals surface area contributed by atoms with Crippen molar-refractivity contribution in [3.63, 3.8) is 0 Å². The Morgan fingerprint density at radius 1 is 1.13 bits per heavy atom. The van der Waals surface area contributed by atoms with Gasteiger partial charge in [0.1, 0.15) is 5.82 Å². The fourth-order valence-corrected chi connectivity index (χ4v) is 4.94. The van der Waals surface area contributed by atoms with Crippen LogP contribution in [0.25, 0.3) is 0 Å². The predicted octanol–water partition coefficient (Wildman–Crippen LogP) is 2.56. The minimum absolute atomic E-state index is 0.00677. The Morgan fingerprint density at radius 3 is 2.43 bits per heavy atom. The maximum atomic E-state index is 13.2. The topological polar surface area (TPSA) is 95.5 Å².